The highest BCUT2D eigenvalue weighted by atomic mass is 35.5. The van der Waals surface area contributed by atoms with Gasteiger partial charge in [0.1, 0.15) is 0 Å². The molecule has 19 heavy (non-hydrogen) atoms. The zero-order valence-electron chi connectivity index (χ0n) is 10.3. The lowest BCUT2D eigenvalue weighted by Crippen LogP contribution is -2.10. The number of hydrogen-bond acceptors (Lipinski definition) is 3. The number of nitrogens with zero attached hydrogens (tertiary/aromatic N) is 3. The Hall–Kier alpha value is -0.810. The van der Waals surface area contributed by atoms with Gasteiger partial charge in [0.05, 0.1) is 38.7 Å². The van der Waals surface area contributed by atoms with E-state index < -0.39 is 0 Å². The Balaban J connectivity index is 2.35. The first-order chi connectivity index (χ1) is 9.02. The van der Waals surface area contributed by atoms with E-state index in [9.17, 15) is 0 Å². The summed E-state index contributed by atoms with van der Waals surface area (Å²) in [5.74, 6) is 0. The molecule has 1 aromatic carbocycles. The molecular formula is C12H13Cl3N4. The zero-order chi connectivity index (χ0) is 14.0. The smallest absolute Gasteiger partial charge is 0.0998 e. The Bertz CT molecular complexity index is 582. The quantitative estimate of drug-likeness (QED) is 0.866. The highest BCUT2D eigenvalue weighted by Gasteiger charge is 2.13. The average Bonchev–Trinajstić information content (AvgIpc) is 2.83. The van der Waals surface area contributed by atoms with Crippen molar-refractivity contribution in [3.63, 3.8) is 0 Å². The van der Waals surface area contributed by atoms with E-state index in [-0.39, 0.29) is 6.04 Å². The first kappa shape index (κ1) is 14.6. The summed E-state index contributed by atoms with van der Waals surface area (Å²) in [5, 5.41) is 9.35. The topological polar surface area (TPSA) is 56.7 Å². The summed E-state index contributed by atoms with van der Waals surface area (Å²) in [6.45, 7) is 2.07. The van der Waals surface area contributed by atoms with E-state index in [2.05, 4.69) is 17.2 Å². The third-order valence-corrected chi connectivity index (χ3v) is 3.75. The van der Waals surface area contributed by atoms with Crippen molar-refractivity contribution in [2.45, 2.75) is 25.8 Å². The standard InChI is InChI=1S/C12H13Cl3N4/c1-2-3-10(16)11-6-19(18-17-11)12-5-8(14)7(13)4-9(12)15/h4-6,10H,2-3,16H2,1H3. The molecular weight excluding hydrogens is 307 g/mol. The van der Waals surface area contributed by atoms with Gasteiger partial charge >= 0.3 is 0 Å². The first-order valence-electron chi connectivity index (χ1n) is 5.85. The minimum Gasteiger partial charge on any atom is -0.323 e. The summed E-state index contributed by atoms with van der Waals surface area (Å²) < 4.78 is 1.55. The molecule has 0 aliphatic carbocycles. The predicted molar refractivity (Wildman–Crippen MR) is 78.2 cm³/mol. The summed E-state index contributed by atoms with van der Waals surface area (Å²) in [7, 11) is 0. The third-order valence-electron chi connectivity index (χ3n) is 2.73. The fraction of sp³-hybridized carbons (Fsp3) is 0.333. The van der Waals surface area contributed by atoms with E-state index in [0.29, 0.717) is 20.8 Å². The largest absolute Gasteiger partial charge is 0.323 e. The van der Waals surface area contributed by atoms with Crippen molar-refractivity contribution in [1.29, 1.82) is 0 Å². The molecule has 1 aromatic heterocycles. The van der Waals surface area contributed by atoms with Gasteiger partial charge in [-0.2, -0.15) is 0 Å². The maximum absolute atomic E-state index is 6.12. The van der Waals surface area contributed by atoms with Gasteiger partial charge in [0.2, 0.25) is 0 Å². The molecule has 4 nitrogen and oxygen atoms in total. The second kappa shape index (κ2) is 6.09. The van der Waals surface area contributed by atoms with Gasteiger partial charge in [0.25, 0.3) is 0 Å². The monoisotopic (exact) mass is 318 g/mol. The Morgan fingerprint density at radius 3 is 2.58 bits per heavy atom. The molecule has 2 aromatic rings. The molecule has 0 radical (unpaired) electrons. The molecule has 0 saturated heterocycles. The highest BCUT2D eigenvalue weighted by Crippen LogP contribution is 2.31. The normalized spacial score (nSPS) is 12.7. The summed E-state index contributed by atoms with van der Waals surface area (Å²) in [6.07, 6.45) is 3.60. The van der Waals surface area contributed by atoms with Gasteiger partial charge in [-0.3, -0.25) is 0 Å². The van der Waals surface area contributed by atoms with Gasteiger partial charge in [-0.15, -0.1) is 5.10 Å². The number of hydrogen-bond donors (Lipinski definition) is 1. The zero-order valence-corrected chi connectivity index (χ0v) is 12.5. The maximum atomic E-state index is 6.12. The average molecular weight is 320 g/mol. The van der Waals surface area contributed by atoms with E-state index in [4.69, 9.17) is 40.5 Å². The molecule has 1 atom stereocenters. The van der Waals surface area contributed by atoms with Crippen LogP contribution in [0.2, 0.25) is 15.1 Å². The number of halogens is 3. The van der Waals surface area contributed by atoms with Crippen molar-refractivity contribution in [1.82, 2.24) is 15.0 Å². The molecule has 102 valence electrons. The molecule has 1 heterocycles. The van der Waals surface area contributed by atoms with Crippen molar-refractivity contribution in [2.75, 3.05) is 0 Å². The van der Waals surface area contributed by atoms with E-state index >= 15 is 0 Å². The second-order valence-electron chi connectivity index (χ2n) is 4.20. The van der Waals surface area contributed by atoms with Crippen LogP contribution < -0.4 is 5.73 Å². The van der Waals surface area contributed by atoms with Gasteiger partial charge < -0.3 is 5.73 Å². The Morgan fingerprint density at radius 1 is 1.21 bits per heavy atom. The van der Waals surface area contributed by atoms with Crippen molar-refractivity contribution in [3.8, 4) is 5.69 Å². The molecule has 0 aliphatic heterocycles. The van der Waals surface area contributed by atoms with Crippen LogP contribution in [0.1, 0.15) is 31.5 Å². The molecule has 0 bridgehead atoms. The second-order valence-corrected chi connectivity index (χ2v) is 5.42. The van der Waals surface area contributed by atoms with Crippen LogP contribution in [0.5, 0.6) is 0 Å². The Kier molecular flexibility index (Phi) is 4.68. The number of rotatable bonds is 4. The van der Waals surface area contributed by atoms with E-state index in [1.54, 1.807) is 23.0 Å². The van der Waals surface area contributed by atoms with Gasteiger partial charge in [0.15, 0.2) is 0 Å². The van der Waals surface area contributed by atoms with Gasteiger partial charge in [-0.05, 0) is 18.6 Å². The van der Waals surface area contributed by atoms with Crippen molar-refractivity contribution < 1.29 is 0 Å². The lowest BCUT2D eigenvalue weighted by molar-refractivity contribution is 0.619. The minimum atomic E-state index is -0.125. The molecule has 0 amide bonds. The van der Waals surface area contributed by atoms with Crippen LogP contribution in [-0.4, -0.2) is 15.0 Å². The Morgan fingerprint density at radius 2 is 1.89 bits per heavy atom. The number of aromatic nitrogens is 3. The highest BCUT2D eigenvalue weighted by molar-refractivity contribution is 6.43. The van der Waals surface area contributed by atoms with E-state index in [0.717, 1.165) is 18.5 Å². The predicted octanol–water partition coefficient (Wildman–Crippen LogP) is 4.03. The molecule has 2 rings (SSSR count). The van der Waals surface area contributed by atoms with Crippen LogP contribution >= 0.6 is 34.8 Å². The fourth-order valence-electron chi connectivity index (χ4n) is 1.71. The third kappa shape index (κ3) is 3.20. The minimum absolute atomic E-state index is 0.125. The summed E-state index contributed by atoms with van der Waals surface area (Å²) in [5.41, 5.74) is 7.34. The van der Waals surface area contributed by atoms with Crippen LogP contribution in [0.25, 0.3) is 5.69 Å². The van der Waals surface area contributed by atoms with E-state index in [1.807, 2.05) is 0 Å². The molecule has 1 unspecified atom stereocenters. The molecule has 2 N–H and O–H groups in total. The number of nitrogens with two attached hydrogens (primary N) is 1. The van der Waals surface area contributed by atoms with Gasteiger partial charge in [-0.1, -0.05) is 53.4 Å². The Labute approximate surface area is 126 Å². The maximum Gasteiger partial charge on any atom is 0.0998 e. The molecule has 7 heteroatoms. The lowest BCUT2D eigenvalue weighted by atomic mass is 10.1. The SMILES string of the molecule is CCCC(N)c1cn(-c2cc(Cl)c(Cl)cc2Cl)nn1. The van der Waals surface area contributed by atoms with Crippen LogP contribution in [0.15, 0.2) is 18.3 Å². The van der Waals surface area contributed by atoms with Crippen LogP contribution in [0, 0.1) is 0 Å². The molecule has 0 aliphatic rings. The van der Waals surface area contributed by atoms with Crippen LogP contribution in [0.3, 0.4) is 0 Å². The van der Waals surface area contributed by atoms with Crippen molar-refractivity contribution in [2.24, 2.45) is 5.73 Å². The summed E-state index contributed by atoms with van der Waals surface area (Å²) in [6, 6.07) is 3.10. The first-order valence-corrected chi connectivity index (χ1v) is 6.99. The number of benzene rings is 1. The molecule has 0 saturated carbocycles. The van der Waals surface area contributed by atoms with Gasteiger partial charge in [-0.25, -0.2) is 4.68 Å². The summed E-state index contributed by atoms with van der Waals surface area (Å²) >= 11 is 18.0. The lowest BCUT2D eigenvalue weighted by Gasteiger charge is -2.06. The van der Waals surface area contributed by atoms with Crippen molar-refractivity contribution >= 4 is 34.8 Å². The van der Waals surface area contributed by atoms with Crippen molar-refractivity contribution in [3.05, 3.63) is 39.1 Å². The fourth-order valence-corrected chi connectivity index (χ4v) is 2.34. The van der Waals surface area contributed by atoms with Gasteiger partial charge in [0, 0.05) is 0 Å². The summed E-state index contributed by atoms with van der Waals surface area (Å²) in [4.78, 5) is 0. The van der Waals surface area contributed by atoms with E-state index in [1.165, 1.54) is 0 Å². The van der Waals surface area contributed by atoms with Crippen LogP contribution in [-0.2, 0) is 0 Å². The molecule has 0 spiro atoms. The van der Waals surface area contributed by atoms with Crippen LogP contribution in [0.4, 0.5) is 0 Å². The molecule has 0 fully saturated rings.